The van der Waals surface area contributed by atoms with E-state index in [1.165, 1.54) is 39.5 Å². The van der Waals surface area contributed by atoms with E-state index in [4.69, 9.17) is 5.73 Å². The molecule has 0 spiro atoms. The average molecular weight is 315 g/mol. The minimum absolute atomic E-state index is 0. The lowest BCUT2D eigenvalue weighted by molar-refractivity contribution is -0.146. The van der Waals surface area contributed by atoms with Gasteiger partial charge in [-0.05, 0) is 58.7 Å². The maximum absolute atomic E-state index is 11.4. The first-order chi connectivity index (χ1) is 8.06. The highest BCUT2D eigenvalue weighted by molar-refractivity contribution is 5.85. The van der Waals surface area contributed by atoms with Gasteiger partial charge in [0, 0.05) is 0 Å². The summed E-state index contributed by atoms with van der Waals surface area (Å²) < 4.78 is 4.69. The van der Waals surface area contributed by atoms with Crippen LogP contribution in [0.3, 0.4) is 0 Å². The average Bonchev–Trinajstić information content (AvgIpc) is 2.35. The van der Waals surface area contributed by atoms with E-state index in [1.807, 2.05) is 0 Å². The number of halogens is 2. The van der Waals surface area contributed by atoms with Crippen molar-refractivity contribution >= 4 is 30.8 Å². The standard InChI is InChI=1S/C13H26N2O2.2ClH/c1-13(14,12(16)17-2)8-4-7-11-15-9-5-3-6-10-15;;/h3-11,14H2,1-2H3;2*1H/t13-;;/m1../s1. The summed E-state index contributed by atoms with van der Waals surface area (Å²) in [5.41, 5.74) is 5.08. The monoisotopic (exact) mass is 314 g/mol. The first-order valence-electron chi connectivity index (χ1n) is 6.66. The van der Waals surface area contributed by atoms with Crippen LogP contribution in [0, 0.1) is 0 Å². The second kappa shape index (κ2) is 10.7. The van der Waals surface area contributed by atoms with Gasteiger partial charge in [-0.3, -0.25) is 4.79 Å². The van der Waals surface area contributed by atoms with Gasteiger partial charge in [0.25, 0.3) is 0 Å². The van der Waals surface area contributed by atoms with Crippen LogP contribution < -0.4 is 5.73 Å². The van der Waals surface area contributed by atoms with E-state index in [2.05, 4.69) is 9.64 Å². The maximum Gasteiger partial charge on any atom is 0.325 e. The van der Waals surface area contributed by atoms with Crippen molar-refractivity contribution < 1.29 is 9.53 Å². The summed E-state index contributed by atoms with van der Waals surface area (Å²) >= 11 is 0. The summed E-state index contributed by atoms with van der Waals surface area (Å²) in [5, 5.41) is 0. The Labute approximate surface area is 129 Å². The van der Waals surface area contributed by atoms with Crippen molar-refractivity contribution in [3.8, 4) is 0 Å². The largest absolute Gasteiger partial charge is 0.468 e. The zero-order valence-electron chi connectivity index (χ0n) is 12.0. The topological polar surface area (TPSA) is 55.6 Å². The lowest BCUT2D eigenvalue weighted by Crippen LogP contribution is -2.45. The number of hydrogen-bond donors (Lipinski definition) is 1. The molecular weight excluding hydrogens is 287 g/mol. The molecule has 1 saturated heterocycles. The molecule has 1 rings (SSSR count). The summed E-state index contributed by atoms with van der Waals surface area (Å²) in [6.07, 6.45) is 6.84. The quantitative estimate of drug-likeness (QED) is 0.604. The Bertz CT molecular complexity index is 245. The molecule has 4 nitrogen and oxygen atoms in total. The van der Waals surface area contributed by atoms with Crippen molar-refractivity contribution in [2.45, 2.75) is 51.0 Å². The number of carbonyl (C=O) groups is 1. The number of rotatable bonds is 6. The van der Waals surface area contributed by atoms with Crippen molar-refractivity contribution in [2.24, 2.45) is 5.73 Å². The molecule has 0 aromatic heterocycles. The predicted molar refractivity (Wildman–Crippen MR) is 83.2 cm³/mol. The Balaban J connectivity index is 0. The molecule has 116 valence electrons. The van der Waals surface area contributed by atoms with Gasteiger partial charge >= 0.3 is 5.97 Å². The smallest absolute Gasteiger partial charge is 0.325 e. The lowest BCUT2D eigenvalue weighted by Gasteiger charge is -2.27. The van der Waals surface area contributed by atoms with Crippen LogP contribution in [0.2, 0.25) is 0 Å². The molecule has 0 amide bonds. The molecule has 0 saturated carbocycles. The highest BCUT2D eigenvalue weighted by atomic mass is 35.5. The second-order valence-electron chi connectivity index (χ2n) is 5.27. The van der Waals surface area contributed by atoms with Gasteiger partial charge in [-0.2, -0.15) is 0 Å². The summed E-state index contributed by atoms with van der Waals surface area (Å²) in [4.78, 5) is 13.9. The molecular formula is C13H28Cl2N2O2. The summed E-state index contributed by atoms with van der Waals surface area (Å²) in [5.74, 6) is -0.310. The molecule has 1 aliphatic rings. The van der Waals surface area contributed by atoms with Gasteiger partial charge in [0.1, 0.15) is 5.54 Å². The number of unbranched alkanes of at least 4 members (excludes halogenated alkanes) is 1. The van der Waals surface area contributed by atoms with E-state index in [9.17, 15) is 4.79 Å². The molecule has 1 aliphatic heterocycles. The van der Waals surface area contributed by atoms with E-state index < -0.39 is 5.54 Å². The molecule has 0 radical (unpaired) electrons. The van der Waals surface area contributed by atoms with Crippen LogP contribution in [0.15, 0.2) is 0 Å². The zero-order chi connectivity index (χ0) is 12.7. The Kier molecular flexibility index (Phi) is 12.0. The van der Waals surface area contributed by atoms with E-state index in [0.717, 1.165) is 19.4 Å². The first kappa shape index (κ1) is 21.3. The number of esters is 1. The fourth-order valence-electron chi connectivity index (χ4n) is 2.35. The number of likely N-dealkylation sites (tertiary alicyclic amines) is 1. The van der Waals surface area contributed by atoms with Gasteiger partial charge in [0.05, 0.1) is 7.11 Å². The number of nitrogens with two attached hydrogens (primary N) is 1. The van der Waals surface area contributed by atoms with Crippen molar-refractivity contribution in [3.05, 3.63) is 0 Å². The molecule has 1 heterocycles. The molecule has 0 unspecified atom stereocenters. The van der Waals surface area contributed by atoms with Crippen LogP contribution in [0.4, 0.5) is 0 Å². The van der Waals surface area contributed by atoms with Crippen LogP contribution in [-0.4, -0.2) is 43.2 Å². The number of hydrogen-bond acceptors (Lipinski definition) is 4. The third kappa shape index (κ3) is 7.98. The Morgan fingerprint density at radius 1 is 1.21 bits per heavy atom. The number of methoxy groups -OCH3 is 1. The van der Waals surface area contributed by atoms with Crippen molar-refractivity contribution in [1.82, 2.24) is 4.90 Å². The molecule has 1 fully saturated rings. The van der Waals surface area contributed by atoms with E-state index in [1.54, 1.807) is 6.92 Å². The SMILES string of the molecule is COC(=O)[C@](C)(N)CCCCN1CCCCC1.Cl.Cl. The molecule has 1 atom stereocenters. The second-order valence-corrected chi connectivity index (χ2v) is 5.27. The summed E-state index contributed by atoms with van der Waals surface area (Å²) in [6, 6.07) is 0. The molecule has 0 aromatic carbocycles. The lowest BCUT2D eigenvalue weighted by atomic mass is 9.96. The third-order valence-electron chi connectivity index (χ3n) is 3.52. The fraction of sp³-hybridized carbons (Fsp3) is 0.923. The minimum atomic E-state index is -0.823. The number of nitrogens with zero attached hydrogens (tertiary/aromatic N) is 1. The molecule has 19 heavy (non-hydrogen) atoms. The highest BCUT2D eigenvalue weighted by Gasteiger charge is 2.28. The van der Waals surface area contributed by atoms with Gasteiger partial charge in [-0.1, -0.05) is 6.42 Å². The zero-order valence-corrected chi connectivity index (χ0v) is 13.7. The van der Waals surface area contributed by atoms with Crippen LogP contribution in [0.1, 0.15) is 45.4 Å². The van der Waals surface area contributed by atoms with E-state index in [0.29, 0.717) is 6.42 Å². The van der Waals surface area contributed by atoms with Gasteiger partial charge < -0.3 is 15.4 Å². The van der Waals surface area contributed by atoms with Crippen LogP contribution >= 0.6 is 24.8 Å². The van der Waals surface area contributed by atoms with Crippen molar-refractivity contribution in [1.29, 1.82) is 0 Å². The van der Waals surface area contributed by atoms with Gasteiger partial charge in [0.2, 0.25) is 0 Å². The fourth-order valence-corrected chi connectivity index (χ4v) is 2.35. The Hall–Kier alpha value is -0.0300. The van der Waals surface area contributed by atoms with E-state index >= 15 is 0 Å². The highest BCUT2D eigenvalue weighted by Crippen LogP contribution is 2.14. The van der Waals surface area contributed by atoms with Crippen molar-refractivity contribution in [2.75, 3.05) is 26.7 Å². The summed E-state index contributed by atoms with van der Waals surface area (Å²) in [7, 11) is 1.39. The normalized spacial score (nSPS) is 18.7. The molecule has 0 aliphatic carbocycles. The number of piperidine rings is 1. The predicted octanol–water partition coefficient (Wildman–Crippen LogP) is 2.38. The maximum atomic E-state index is 11.4. The minimum Gasteiger partial charge on any atom is -0.468 e. The van der Waals surface area contributed by atoms with Gasteiger partial charge in [-0.15, -0.1) is 24.8 Å². The number of ether oxygens (including phenoxy) is 1. The van der Waals surface area contributed by atoms with E-state index in [-0.39, 0.29) is 30.8 Å². The van der Waals surface area contributed by atoms with Gasteiger partial charge in [0.15, 0.2) is 0 Å². The van der Waals surface area contributed by atoms with Crippen molar-refractivity contribution in [3.63, 3.8) is 0 Å². The van der Waals surface area contributed by atoms with Crippen LogP contribution in [-0.2, 0) is 9.53 Å². The third-order valence-corrected chi connectivity index (χ3v) is 3.52. The molecule has 0 bridgehead atoms. The molecule has 6 heteroatoms. The first-order valence-corrected chi connectivity index (χ1v) is 6.66. The Morgan fingerprint density at radius 3 is 2.32 bits per heavy atom. The number of carbonyl (C=O) groups excluding carboxylic acids is 1. The molecule has 0 aromatic rings. The van der Waals surface area contributed by atoms with Gasteiger partial charge in [-0.25, -0.2) is 0 Å². The van der Waals surface area contributed by atoms with Crippen LogP contribution in [0.25, 0.3) is 0 Å². The Morgan fingerprint density at radius 2 is 1.79 bits per heavy atom. The molecule has 2 N–H and O–H groups in total. The van der Waals surface area contributed by atoms with Crippen LogP contribution in [0.5, 0.6) is 0 Å². The summed E-state index contributed by atoms with van der Waals surface area (Å²) in [6.45, 7) is 5.35.